The fraction of sp³-hybridized carbons (Fsp3) is 1.00. The van der Waals surface area contributed by atoms with Crippen molar-refractivity contribution < 1.29 is 9.84 Å². The molecule has 0 spiro atoms. The summed E-state index contributed by atoms with van der Waals surface area (Å²) in [5.74, 6) is 0. The molecule has 1 N–H and O–H groups in total. The molecule has 1 rings (SSSR count). The molecule has 2 radical (unpaired) electrons. The van der Waals surface area contributed by atoms with E-state index in [1.54, 1.807) is 0 Å². The van der Waals surface area contributed by atoms with E-state index in [0.29, 0.717) is 6.10 Å². The highest BCUT2D eigenvalue weighted by molar-refractivity contribution is 6.11. The van der Waals surface area contributed by atoms with Gasteiger partial charge in [-0.1, -0.05) is 0 Å². The largest absolute Gasteiger partial charge is 0.396 e. The fourth-order valence-corrected chi connectivity index (χ4v) is 1.26. The van der Waals surface area contributed by atoms with E-state index in [4.69, 9.17) is 17.7 Å². The highest BCUT2D eigenvalue weighted by Crippen LogP contribution is 2.20. The van der Waals surface area contributed by atoms with Crippen LogP contribution in [0, 0.1) is 0 Å². The third-order valence-electron chi connectivity index (χ3n) is 1.82. The number of aliphatic hydroxyl groups excluding tert-OH is 1. The van der Waals surface area contributed by atoms with Crippen LogP contribution in [-0.2, 0) is 4.74 Å². The lowest BCUT2D eigenvalue weighted by Gasteiger charge is -2.09. The third-order valence-corrected chi connectivity index (χ3v) is 1.82. The molecule has 1 heterocycles. The van der Waals surface area contributed by atoms with Gasteiger partial charge in [-0.2, -0.15) is 0 Å². The van der Waals surface area contributed by atoms with Crippen molar-refractivity contribution in [2.45, 2.75) is 37.8 Å². The molecule has 3 heteroatoms. The number of ether oxygens (including phenoxy) is 1. The van der Waals surface area contributed by atoms with Crippen LogP contribution in [0.2, 0.25) is 0 Å². The molecule has 1 saturated heterocycles. The molecule has 2 unspecified atom stereocenters. The first-order valence-corrected chi connectivity index (χ1v) is 3.85. The van der Waals surface area contributed by atoms with E-state index in [1.165, 1.54) is 0 Å². The van der Waals surface area contributed by atoms with Crippen molar-refractivity contribution >= 4 is 7.85 Å². The van der Waals surface area contributed by atoms with Gasteiger partial charge in [-0.05, 0) is 25.7 Å². The Hall–Kier alpha value is -0.0151. The van der Waals surface area contributed by atoms with E-state index in [-0.39, 0.29) is 12.6 Å². The Kier molecular flexibility index (Phi) is 3.22. The molecule has 0 saturated carbocycles. The van der Waals surface area contributed by atoms with Crippen LogP contribution in [-0.4, -0.2) is 31.7 Å². The number of aliphatic hydroxyl groups is 1. The monoisotopic (exact) mass is 140 g/mol. The molecular weight excluding hydrogens is 127 g/mol. The Balaban J connectivity index is 2.06. The topological polar surface area (TPSA) is 29.5 Å². The van der Waals surface area contributed by atoms with Crippen LogP contribution >= 0.6 is 0 Å². The van der Waals surface area contributed by atoms with Crippen LogP contribution in [0.5, 0.6) is 0 Å². The second kappa shape index (κ2) is 3.99. The standard InChI is InChI=1S/C7H13BO2/c8-7-4-3-6(10-7)2-1-5-9/h6-7,9H,1-5H2. The van der Waals surface area contributed by atoms with Crippen LogP contribution in [0.25, 0.3) is 0 Å². The van der Waals surface area contributed by atoms with Crippen molar-refractivity contribution in [1.29, 1.82) is 0 Å². The van der Waals surface area contributed by atoms with Gasteiger partial charge in [0.1, 0.15) is 7.85 Å². The van der Waals surface area contributed by atoms with Crippen molar-refractivity contribution in [3.8, 4) is 0 Å². The second-order valence-corrected chi connectivity index (χ2v) is 2.74. The van der Waals surface area contributed by atoms with Gasteiger partial charge in [0.2, 0.25) is 0 Å². The van der Waals surface area contributed by atoms with E-state index < -0.39 is 0 Å². The summed E-state index contributed by atoms with van der Waals surface area (Å²) >= 11 is 0. The molecule has 0 aliphatic carbocycles. The maximum absolute atomic E-state index is 8.51. The fourth-order valence-electron chi connectivity index (χ4n) is 1.26. The lowest BCUT2D eigenvalue weighted by Crippen LogP contribution is -2.10. The Bertz CT molecular complexity index is 97.6. The SMILES string of the molecule is [B]C1CCC(CCCO)O1. The summed E-state index contributed by atoms with van der Waals surface area (Å²) in [6, 6.07) is -0.0521. The molecule has 10 heavy (non-hydrogen) atoms. The van der Waals surface area contributed by atoms with Crippen LogP contribution in [0.15, 0.2) is 0 Å². The van der Waals surface area contributed by atoms with Gasteiger partial charge in [0.05, 0.1) is 6.10 Å². The van der Waals surface area contributed by atoms with Crippen LogP contribution < -0.4 is 0 Å². The van der Waals surface area contributed by atoms with Gasteiger partial charge >= 0.3 is 0 Å². The average molecular weight is 140 g/mol. The summed E-state index contributed by atoms with van der Waals surface area (Å²) in [5, 5.41) is 8.51. The smallest absolute Gasteiger partial charge is 0.109 e. The van der Waals surface area contributed by atoms with Crippen molar-refractivity contribution in [3.63, 3.8) is 0 Å². The zero-order valence-corrected chi connectivity index (χ0v) is 6.12. The van der Waals surface area contributed by atoms with E-state index in [2.05, 4.69) is 0 Å². The molecule has 1 aliphatic heterocycles. The summed E-state index contributed by atoms with van der Waals surface area (Å²) in [5.41, 5.74) is 0. The van der Waals surface area contributed by atoms with E-state index in [1.807, 2.05) is 0 Å². The lowest BCUT2D eigenvalue weighted by molar-refractivity contribution is 0.0764. The zero-order valence-electron chi connectivity index (χ0n) is 6.12. The van der Waals surface area contributed by atoms with Crippen molar-refractivity contribution in [2.24, 2.45) is 0 Å². The first-order valence-electron chi connectivity index (χ1n) is 3.85. The van der Waals surface area contributed by atoms with Gasteiger partial charge in [0.15, 0.2) is 0 Å². The summed E-state index contributed by atoms with van der Waals surface area (Å²) in [7, 11) is 5.51. The number of hydrogen-bond donors (Lipinski definition) is 1. The molecular formula is C7H13BO2. The summed E-state index contributed by atoms with van der Waals surface area (Å²) in [6.45, 7) is 0.259. The second-order valence-electron chi connectivity index (χ2n) is 2.74. The van der Waals surface area contributed by atoms with Gasteiger partial charge in [0, 0.05) is 12.6 Å². The first kappa shape index (κ1) is 8.09. The minimum atomic E-state index is -0.0521. The van der Waals surface area contributed by atoms with Crippen LogP contribution in [0.1, 0.15) is 25.7 Å². The van der Waals surface area contributed by atoms with Crippen LogP contribution in [0.4, 0.5) is 0 Å². The van der Waals surface area contributed by atoms with Gasteiger partial charge < -0.3 is 9.84 Å². The highest BCUT2D eigenvalue weighted by Gasteiger charge is 2.20. The number of hydrogen-bond acceptors (Lipinski definition) is 2. The molecule has 0 bridgehead atoms. The average Bonchev–Trinajstić information content (AvgIpc) is 2.31. The molecule has 1 aliphatic rings. The Morgan fingerprint density at radius 2 is 2.30 bits per heavy atom. The van der Waals surface area contributed by atoms with Gasteiger partial charge in [0.25, 0.3) is 0 Å². The maximum atomic E-state index is 8.51. The zero-order chi connectivity index (χ0) is 7.40. The van der Waals surface area contributed by atoms with E-state index >= 15 is 0 Å². The van der Waals surface area contributed by atoms with Gasteiger partial charge in [-0.25, -0.2) is 0 Å². The van der Waals surface area contributed by atoms with E-state index in [0.717, 1.165) is 25.7 Å². The Labute approximate surface area is 63.0 Å². The molecule has 2 atom stereocenters. The van der Waals surface area contributed by atoms with E-state index in [9.17, 15) is 0 Å². The minimum absolute atomic E-state index is 0.0521. The summed E-state index contributed by atoms with van der Waals surface area (Å²) in [4.78, 5) is 0. The van der Waals surface area contributed by atoms with Crippen molar-refractivity contribution in [1.82, 2.24) is 0 Å². The van der Waals surface area contributed by atoms with Gasteiger partial charge in [-0.15, -0.1) is 0 Å². The normalized spacial score (nSPS) is 32.9. The molecule has 56 valence electrons. The molecule has 1 fully saturated rings. The molecule has 0 aromatic heterocycles. The first-order chi connectivity index (χ1) is 4.83. The summed E-state index contributed by atoms with van der Waals surface area (Å²) < 4.78 is 5.33. The lowest BCUT2D eigenvalue weighted by atomic mass is 9.97. The molecule has 0 amide bonds. The summed E-state index contributed by atoms with van der Waals surface area (Å²) in [6.07, 6.45) is 4.11. The third kappa shape index (κ3) is 2.31. The van der Waals surface area contributed by atoms with Crippen molar-refractivity contribution in [3.05, 3.63) is 0 Å². The Morgan fingerprint density at radius 1 is 1.50 bits per heavy atom. The quantitative estimate of drug-likeness (QED) is 0.576. The molecule has 0 aromatic rings. The predicted molar refractivity (Wildman–Crippen MR) is 40.0 cm³/mol. The van der Waals surface area contributed by atoms with Gasteiger partial charge in [-0.3, -0.25) is 0 Å². The maximum Gasteiger partial charge on any atom is 0.109 e. The number of rotatable bonds is 3. The molecule has 2 nitrogen and oxygen atoms in total. The predicted octanol–water partition coefficient (Wildman–Crippen LogP) is 0.432. The van der Waals surface area contributed by atoms with Crippen LogP contribution in [0.3, 0.4) is 0 Å². The highest BCUT2D eigenvalue weighted by atomic mass is 16.5. The molecule has 0 aromatic carbocycles. The Morgan fingerprint density at radius 3 is 2.80 bits per heavy atom. The van der Waals surface area contributed by atoms with Crippen molar-refractivity contribution in [2.75, 3.05) is 6.61 Å². The minimum Gasteiger partial charge on any atom is -0.396 e.